The van der Waals surface area contributed by atoms with Crippen LogP contribution in [0.3, 0.4) is 0 Å². The molecule has 1 fully saturated rings. The number of rotatable bonds is 7. The first-order chi connectivity index (χ1) is 14.5. The zero-order valence-electron chi connectivity index (χ0n) is 16.9. The Kier molecular flexibility index (Phi) is 8.09. The van der Waals surface area contributed by atoms with Crippen molar-refractivity contribution in [2.75, 3.05) is 26.2 Å². The van der Waals surface area contributed by atoms with E-state index in [0.29, 0.717) is 37.0 Å². The van der Waals surface area contributed by atoms with E-state index in [-0.39, 0.29) is 12.0 Å². The summed E-state index contributed by atoms with van der Waals surface area (Å²) in [6, 6.07) is 10.2. The number of thiazole rings is 1. The zero-order valence-corrected chi connectivity index (χ0v) is 17.7. The molecule has 2 heterocycles. The summed E-state index contributed by atoms with van der Waals surface area (Å²) in [5.41, 5.74) is 0.340. The van der Waals surface area contributed by atoms with Gasteiger partial charge in [-0.05, 0) is 25.3 Å². The Morgan fingerprint density at radius 3 is 2.77 bits per heavy atom. The highest BCUT2D eigenvalue weighted by molar-refractivity contribution is 7.09. The van der Waals surface area contributed by atoms with Gasteiger partial charge in [0.25, 0.3) is 0 Å². The van der Waals surface area contributed by atoms with Gasteiger partial charge in [-0.15, -0.1) is 11.3 Å². The van der Waals surface area contributed by atoms with E-state index in [1.807, 2.05) is 25.1 Å². The Hall–Kier alpha value is -2.13. The lowest BCUT2D eigenvalue weighted by Gasteiger charge is -2.31. The molecule has 0 amide bonds. The maximum absolute atomic E-state index is 12.7. The van der Waals surface area contributed by atoms with Crippen molar-refractivity contribution in [3.05, 3.63) is 52.0 Å². The number of aromatic nitrogens is 1. The number of alkyl halides is 3. The molecule has 30 heavy (non-hydrogen) atoms. The number of hydrogen-bond donors (Lipinski definition) is 2. The minimum atomic E-state index is -4.39. The average molecular weight is 441 g/mol. The standard InChI is InChI=1S/C21H27F3N4OS/c1-2-25-20(26-11-10-18-28-17(14-30-18)21(22,23)24)27-13-16-9-6-12-29-19(16)15-7-4-3-5-8-15/h3-5,7-8,14,16,19H,2,6,9-13H2,1H3,(H2,25,26,27). The van der Waals surface area contributed by atoms with Crippen LogP contribution >= 0.6 is 11.3 Å². The van der Waals surface area contributed by atoms with E-state index in [1.54, 1.807) is 0 Å². The molecular formula is C21H27F3N4OS. The quantitative estimate of drug-likeness (QED) is 0.494. The van der Waals surface area contributed by atoms with E-state index in [0.717, 1.165) is 36.2 Å². The summed E-state index contributed by atoms with van der Waals surface area (Å²) in [5, 5.41) is 7.90. The van der Waals surface area contributed by atoms with Crippen molar-refractivity contribution in [1.82, 2.24) is 15.6 Å². The van der Waals surface area contributed by atoms with Crippen LogP contribution in [-0.2, 0) is 17.3 Å². The zero-order chi connectivity index (χ0) is 21.4. The van der Waals surface area contributed by atoms with E-state index in [2.05, 4.69) is 27.8 Å². The fraction of sp³-hybridized carbons (Fsp3) is 0.524. The van der Waals surface area contributed by atoms with Gasteiger partial charge in [0.05, 0.1) is 11.1 Å². The second-order valence-corrected chi connectivity index (χ2v) is 8.07. The molecule has 1 saturated heterocycles. The Morgan fingerprint density at radius 1 is 1.27 bits per heavy atom. The molecule has 0 bridgehead atoms. The highest BCUT2D eigenvalue weighted by atomic mass is 32.1. The van der Waals surface area contributed by atoms with E-state index < -0.39 is 11.9 Å². The van der Waals surface area contributed by atoms with Crippen molar-refractivity contribution >= 4 is 17.3 Å². The van der Waals surface area contributed by atoms with Crippen molar-refractivity contribution in [3.63, 3.8) is 0 Å². The molecule has 1 aromatic carbocycles. The predicted molar refractivity (Wildman–Crippen MR) is 113 cm³/mol. The fourth-order valence-corrected chi connectivity index (χ4v) is 4.24. The van der Waals surface area contributed by atoms with Crippen LogP contribution in [-0.4, -0.2) is 37.2 Å². The van der Waals surface area contributed by atoms with Crippen LogP contribution < -0.4 is 10.6 Å². The molecule has 0 aliphatic carbocycles. The fourth-order valence-electron chi connectivity index (χ4n) is 3.44. The maximum Gasteiger partial charge on any atom is 0.434 e. The van der Waals surface area contributed by atoms with E-state index in [4.69, 9.17) is 9.73 Å². The van der Waals surface area contributed by atoms with Crippen molar-refractivity contribution < 1.29 is 17.9 Å². The van der Waals surface area contributed by atoms with Gasteiger partial charge < -0.3 is 15.4 Å². The van der Waals surface area contributed by atoms with Crippen molar-refractivity contribution in [2.24, 2.45) is 10.9 Å². The second kappa shape index (κ2) is 10.8. The van der Waals surface area contributed by atoms with Gasteiger partial charge in [-0.25, -0.2) is 4.98 Å². The van der Waals surface area contributed by atoms with Crippen LogP contribution in [0.1, 0.15) is 42.1 Å². The summed E-state index contributed by atoms with van der Waals surface area (Å²) < 4.78 is 44.0. The molecule has 9 heteroatoms. The molecule has 2 atom stereocenters. The van der Waals surface area contributed by atoms with Gasteiger partial charge in [-0.1, -0.05) is 30.3 Å². The molecule has 1 aliphatic heterocycles. The van der Waals surface area contributed by atoms with Crippen LogP contribution in [0.5, 0.6) is 0 Å². The molecule has 2 unspecified atom stereocenters. The summed E-state index contributed by atoms with van der Waals surface area (Å²) in [7, 11) is 0. The van der Waals surface area contributed by atoms with Crippen LogP contribution in [0.2, 0.25) is 0 Å². The first kappa shape index (κ1) is 22.6. The number of guanidine groups is 1. The minimum Gasteiger partial charge on any atom is -0.373 e. The number of nitrogens with zero attached hydrogens (tertiary/aromatic N) is 2. The maximum atomic E-state index is 12.7. The molecule has 3 rings (SSSR count). The third-order valence-corrected chi connectivity index (χ3v) is 5.78. The Morgan fingerprint density at radius 2 is 2.07 bits per heavy atom. The van der Waals surface area contributed by atoms with Crippen molar-refractivity contribution in [3.8, 4) is 0 Å². The molecule has 1 aromatic heterocycles. The third-order valence-electron chi connectivity index (χ3n) is 4.87. The lowest BCUT2D eigenvalue weighted by atomic mass is 9.89. The SMILES string of the molecule is CCNC(=NCC1CCCOC1c1ccccc1)NCCc1nc(C(F)(F)F)cs1. The minimum absolute atomic E-state index is 0.0303. The lowest BCUT2D eigenvalue weighted by molar-refractivity contribution is -0.140. The molecule has 1 aliphatic rings. The Balaban J connectivity index is 1.56. The molecule has 0 radical (unpaired) electrons. The number of hydrogen-bond acceptors (Lipinski definition) is 4. The van der Waals surface area contributed by atoms with Gasteiger partial charge in [0, 0.05) is 44.0 Å². The number of halogens is 3. The number of ether oxygens (including phenoxy) is 1. The molecule has 2 N–H and O–H groups in total. The highest BCUT2D eigenvalue weighted by Gasteiger charge is 2.33. The summed E-state index contributed by atoms with van der Waals surface area (Å²) in [5.74, 6) is 0.937. The smallest absolute Gasteiger partial charge is 0.373 e. The van der Waals surface area contributed by atoms with Crippen LogP contribution in [0, 0.1) is 5.92 Å². The summed E-state index contributed by atoms with van der Waals surface area (Å²) >= 11 is 1.03. The lowest BCUT2D eigenvalue weighted by Crippen LogP contribution is -2.39. The second-order valence-electron chi connectivity index (χ2n) is 7.13. The largest absolute Gasteiger partial charge is 0.434 e. The van der Waals surface area contributed by atoms with Crippen LogP contribution in [0.25, 0.3) is 0 Å². The molecule has 0 spiro atoms. The topological polar surface area (TPSA) is 58.5 Å². The summed E-state index contributed by atoms with van der Waals surface area (Å²) in [4.78, 5) is 8.37. The Bertz CT molecular complexity index is 810. The molecule has 2 aromatic rings. The molecule has 0 saturated carbocycles. The summed E-state index contributed by atoms with van der Waals surface area (Å²) in [6.45, 7) is 4.50. The molecular weight excluding hydrogens is 413 g/mol. The average Bonchev–Trinajstić information content (AvgIpc) is 3.22. The van der Waals surface area contributed by atoms with Crippen LogP contribution in [0.4, 0.5) is 13.2 Å². The van der Waals surface area contributed by atoms with Gasteiger partial charge in [0.15, 0.2) is 11.7 Å². The van der Waals surface area contributed by atoms with Crippen molar-refractivity contribution in [1.29, 1.82) is 0 Å². The van der Waals surface area contributed by atoms with Gasteiger partial charge in [0.2, 0.25) is 0 Å². The molecule has 164 valence electrons. The number of benzene rings is 1. The highest BCUT2D eigenvalue weighted by Crippen LogP contribution is 2.33. The first-order valence-corrected chi connectivity index (χ1v) is 11.1. The van der Waals surface area contributed by atoms with Crippen molar-refractivity contribution in [2.45, 2.75) is 38.5 Å². The van der Waals surface area contributed by atoms with Gasteiger partial charge in [-0.3, -0.25) is 4.99 Å². The van der Waals surface area contributed by atoms with Gasteiger partial charge in [0.1, 0.15) is 0 Å². The third kappa shape index (κ3) is 6.43. The monoisotopic (exact) mass is 440 g/mol. The summed E-state index contributed by atoms with van der Waals surface area (Å²) in [6.07, 6.45) is -1.90. The van der Waals surface area contributed by atoms with Gasteiger partial charge >= 0.3 is 6.18 Å². The van der Waals surface area contributed by atoms with E-state index >= 15 is 0 Å². The Labute approximate surface area is 178 Å². The van der Waals surface area contributed by atoms with Gasteiger partial charge in [-0.2, -0.15) is 13.2 Å². The molecule has 5 nitrogen and oxygen atoms in total. The van der Waals surface area contributed by atoms with E-state index in [9.17, 15) is 13.2 Å². The number of aliphatic imine (C=N–C) groups is 1. The van der Waals surface area contributed by atoms with Crippen LogP contribution in [0.15, 0.2) is 40.7 Å². The predicted octanol–water partition coefficient (Wildman–Crippen LogP) is 4.43. The normalized spacial score (nSPS) is 20.2. The first-order valence-electron chi connectivity index (χ1n) is 10.2. The number of nitrogens with one attached hydrogen (secondary N) is 2. The van der Waals surface area contributed by atoms with E-state index in [1.165, 1.54) is 5.56 Å².